The monoisotopic (exact) mass is 280 g/mol. The molecule has 0 spiro atoms. The van der Waals surface area contributed by atoms with Crippen molar-refractivity contribution in [1.29, 1.82) is 0 Å². The molecule has 2 heterocycles. The predicted octanol–water partition coefficient (Wildman–Crippen LogP) is -1.26. The number of ether oxygens (including phenoxy) is 3. The first-order valence-corrected chi connectivity index (χ1v) is 7.33. The summed E-state index contributed by atoms with van der Waals surface area (Å²) in [7, 11) is 3.50. The Balaban J connectivity index is 2.01. The Kier molecular flexibility index (Phi) is 4.10. The summed E-state index contributed by atoms with van der Waals surface area (Å²) < 4.78 is 16.7. The summed E-state index contributed by atoms with van der Waals surface area (Å²) in [4.78, 5) is 1.60. The second-order valence-corrected chi connectivity index (χ2v) is 5.41. The number of hydrogen-bond donors (Lipinski definition) is 2. The molecule has 0 saturated carbocycles. The van der Waals surface area contributed by atoms with Gasteiger partial charge < -0.3 is 24.4 Å². The molecule has 0 amide bonds. The van der Waals surface area contributed by atoms with Crippen LogP contribution >= 0.6 is 0 Å². The van der Waals surface area contributed by atoms with Crippen molar-refractivity contribution in [2.24, 2.45) is 0 Å². The summed E-state index contributed by atoms with van der Waals surface area (Å²) in [6.07, 6.45) is 0. The van der Waals surface area contributed by atoms with Gasteiger partial charge in [0.25, 0.3) is 0 Å². The SMILES string of the molecule is COc1ccc(OC)c2c1C[NH2+]C[C@@H]2[NH+]1CCOCC1. The zero-order valence-corrected chi connectivity index (χ0v) is 12.3. The van der Waals surface area contributed by atoms with Gasteiger partial charge in [-0.2, -0.15) is 0 Å². The van der Waals surface area contributed by atoms with Crippen molar-refractivity contribution in [2.45, 2.75) is 12.6 Å². The number of morpholine rings is 1. The number of hydrogen-bond acceptors (Lipinski definition) is 3. The lowest BCUT2D eigenvalue weighted by molar-refractivity contribution is -0.954. The van der Waals surface area contributed by atoms with Crippen molar-refractivity contribution in [1.82, 2.24) is 0 Å². The molecule has 0 bridgehead atoms. The van der Waals surface area contributed by atoms with Crippen LogP contribution in [0.3, 0.4) is 0 Å². The van der Waals surface area contributed by atoms with E-state index in [9.17, 15) is 0 Å². The predicted molar refractivity (Wildman–Crippen MR) is 74.3 cm³/mol. The Morgan fingerprint density at radius 1 is 1.15 bits per heavy atom. The minimum atomic E-state index is 0.465. The fourth-order valence-corrected chi connectivity index (χ4v) is 3.45. The molecule has 5 heteroatoms. The van der Waals surface area contributed by atoms with Gasteiger partial charge in [0.2, 0.25) is 0 Å². The first-order chi connectivity index (χ1) is 9.85. The molecule has 5 nitrogen and oxygen atoms in total. The fraction of sp³-hybridized carbons (Fsp3) is 0.600. The molecule has 2 aliphatic rings. The standard InChI is InChI=1S/C15H22N2O3/c1-18-13-3-4-14(19-2)15-11(13)9-16-10-12(15)17-5-7-20-8-6-17/h3-4,12,16H,5-10H2,1-2H3/p+2/t12-/m0/s1. The van der Waals surface area contributed by atoms with Gasteiger partial charge in [0, 0.05) is 0 Å². The molecule has 1 fully saturated rings. The number of fused-ring (bicyclic) bond motifs is 1. The molecule has 3 rings (SSSR count). The lowest BCUT2D eigenvalue weighted by atomic mass is 9.93. The van der Waals surface area contributed by atoms with E-state index in [4.69, 9.17) is 14.2 Å². The molecule has 0 radical (unpaired) electrons. The lowest BCUT2D eigenvalue weighted by Crippen LogP contribution is -3.17. The van der Waals surface area contributed by atoms with Crippen LogP contribution in [0.5, 0.6) is 11.5 Å². The summed E-state index contributed by atoms with van der Waals surface area (Å²) in [5, 5.41) is 2.37. The van der Waals surface area contributed by atoms with E-state index in [2.05, 4.69) is 5.32 Å². The molecule has 110 valence electrons. The average Bonchev–Trinajstić information content (AvgIpc) is 2.54. The summed E-state index contributed by atoms with van der Waals surface area (Å²) in [5.41, 5.74) is 2.63. The van der Waals surface area contributed by atoms with E-state index in [-0.39, 0.29) is 0 Å². The summed E-state index contributed by atoms with van der Waals surface area (Å²) >= 11 is 0. The van der Waals surface area contributed by atoms with Crippen molar-refractivity contribution < 1.29 is 24.4 Å². The Hall–Kier alpha value is -1.30. The number of nitrogens with two attached hydrogens (primary N) is 1. The molecule has 1 saturated heterocycles. The van der Waals surface area contributed by atoms with E-state index < -0.39 is 0 Å². The fourth-order valence-electron chi connectivity index (χ4n) is 3.45. The van der Waals surface area contributed by atoms with Gasteiger partial charge in [-0.1, -0.05) is 0 Å². The molecule has 0 aromatic heterocycles. The van der Waals surface area contributed by atoms with Gasteiger partial charge in [-0.25, -0.2) is 0 Å². The van der Waals surface area contributed by atoms with E-state index in [0.717, 1.165) is 50.9 Å². The maximum atomic E-state index is 5.62. The molecular weight excluding hydrogens is 256 g/mol. The Morgan fingerprint density at radius 2 is 1.85 bits per heavy atom. The number of benzene rings is 1. The second kappa shape index (κ2) is 5.99. The van der Waals surface area contributed by atoms with E-state index >= 15 is 0 Å². The summed E-state index contributed by atoms with van der Waals surface area (Å²) in [5.74, 6) is 1.98. The minimum Gasteiger partial charge on any atom is -0.496 e. The van der Waals surface area contributed by atoms with Gasteiger partial charge in [0.1, 0.15) is 37.7 Å². The van der Waals surface area contributed by atoms with Gasteiger partial charge in [0.15, 0.2) is 6.04 Å². The van der Waals surface area contributed by atoms with E-state index in [1.54, 1.807) is 19.1 Å². The van der Waals surface area contributed by atoms with Gasteiger partial charge in [-0.3, -0.25) is 0 Å². The van der Waals surface area contributed by atoms with E-state index in [0.29, 0.717) is 6.04 Å². The zero-order chi connectivity index (χ0) is 13.9. The maximum absolute atomic E-state index is 5.62. The molecule has 1 aromatic carbocycles. The van der Waals surface area contributed by atoms with Crippen molar-refractivity contribution >= 4 is 0 Å². The number of rotatable bonds is 3. The highest BCUT2D eigenvalue weighted by Gasteiger charge is 2.36. The van der Waals surface area contributed by atoms with Gasteiger partial charge in [-0.15, -0.1) is 0 Å². The second-order valence-electron chi connectivity index (χ2n) is 5.41. The van der Waals surface area contributed by atoms with Crippen LogP contribution in [-0.4, -0.2) is 47.1 Å². The number of quaternary nitrogens is 2. The van der Waals surface area contributed by atoms with Crippen molar-refractivity contribution in [3.05, 3.63) is 23.3 Å². The quantitative estimate of drug-likeness (QED) is 0.726. The normalized spacial score (nSPS) is 23.2. The molecule has 0 aliphatic carbocycles. The number of nitrogens with one attached hydrogen (secondary N) is 1. The molecule has 1 atom stereocenters. The van der Waals surface area contributed by atoms with E-state index in [1.807, 2.05) is 12.1 Å². The lowest BCUT2D eigenvalue weighted by Gasteiger charge is -2.34. The van der Waals surface area contributed by atoms with E-state index in [1.165, 1.54) is 11.1 Å². The molecule has 2 aliphatic heterocycles. The highest BCUT2D eigenvalue weighted by Crippen LogP contribution is 2.34. The molecule has 3 N–H and O–H groups in total. The molecule has 20 heavy (non-hydrogen) atoms. The van der Waals surface area contributed by atoms with Crippen molar-refractivity contribution in [2.75, 3.05) is 47.1 Å². The maximum Gasteiger partial charge on any atom is 0.167 e. The third-order valence-electron chi connectivity index (χ3n) is 4.44. The Labute approximate surface area is 119 Å². The highest BCUT2D eigenvalue weighted by molar-refractivity contribution is 5.50. The molecular formula is C15H24N2O3+2. The zero-order valence-electron chi connectivity index (χ0n) is 12.3. The summed E-state index contributed by atoms with van der Waals surface area (Å²) in [6, 6.07) is 4.52. The van der Waals surface area contributed by atoms with Gasteiger partial charge in [-0.05, 0) is 12.1 Å². The van der Waals surface area contributed by atoms with Crippen LogP contribution in [0, 0.1) is 0 Å². The van der Waals surface area contributed by atoms with Crippen LogP contribution in [-0.2, 0) is 11.3 Å². The molecule has 0 unspecified atom stereocenters. The first-order valence-electron chi connectivity index (χ1n) is 7.33. The smallest absolute Gasteiger partial charge is 0.167 e. The van der Waals surface area contributed by atoms with Crippen LogP contribution in [0.1, 0.15) is 17.2 Å². The average molecular weight is 280 g/mol. The van der Waals surface area contributed by atoms with Crippen LogP contribution in [0.2, 0.25) is 0 Å². The molecule has 1 aromatic rings. The first kappa shape index (κ1) is 13.7. The third kappa shape index (κ3) is 2.37. The minimum absolute atomic E-state index is 0.465. The van der Waals surface area contributed by atoms with Gasteiger partial charge >= 0.3 is 0 Å². The largest absolute Gasteiger partial charge is 0.496 e. The third-order valence-corrected chi connectivity index (χ3v) is 4.44. The van der Waals surface area contributed by atoms with Gasteiger partial charge in [0.05, 0.1) is 38.6 Å². The Bertz CT molecular complexity index is 472. The van der Waals surface area contributed by atoms with Crippen LogP contribution in [0.15, 0.2) is 12.1 Å². The van der Waals surface area contributed by atoms with Crippen LogP contribution in [0.25, 0.3) is 0 Å². The summed E-state index contributed by atoms with van der Waals surface area (Å²) in [6.45, 7) is 5.92. The van der Waals surface area contributed by atoms with Crippen molar-refractivity contribution in [3.63, 3.8) is 0 Å². The highest BCUT2D eigenvalue weighted by atomic mass is 16.5. The Morgan fingerprint density at radius 3 is 2.55 bits per heavy atom. The number of methoxy groups -OCH3 is 2. The van der Waals surface area contributed by atoms with Crippen LogP contribution < -0.4 is 19.7 Å². The van der Waals surface area contributed by atoms with Crippen LogP contribution in [0.4, 0.5) is 0 Å². The van der Waals surface area contributed by atoms with Crippen molar-refractivity contribution in [3.8, 4) is 11.5 Å². The topological polar surface area (TPSA) is 48.7 Å².